The molecule has 1 amide bonds. The average Bonchev–Trinajstić information content (AvgIpc) is 2.74. The lowest BCUT2D eigenvalue weighted by atomic mass is 10.1. The number of para-hydroxylation sites is 1. The molecular weight excluding hydrogens is 334 g/mol. The summed E-state index contributed by atoms with van der Waals surface area (Å²) in [6.07, 6.45) is 6.09. The van der Waals surface area contributed by atoms with Crippen molar-refractivity contribution in [3.63, 3.8) is 0 Å². The lowest BCUT2D eigenvalue weighted by Crippen LogP contribution is -2.48. The Balaban J connectivity index is 1.36. The summed E-state index contributed by atoms with van der Waals surface area (Å²) >= 11 is 0. The third-order valence-electron chi connectivity index (χ3n) is 5.00. The molecule has 1 aliphatic rings. The summed E-state index contributed by atoms with van der Waals surface area (Å²) in [5, 5.41) is 1.01. The highest BCUT2D eigenvalue weighted by molar-refractivity contribution is 6.05. The minimum Gasteiger partial charge on any atom is -0.336 e. The number of fused-ring (bicyclic) bond motifs is 1. The predicted molar refractivity (Wildman–Crippen MR) is 110 cm³/mol. The maximum atomic E-state index is 13.0. The molecule has 1 aliphatic heterocycles. The molecule has 27 heavy (non-hydrogen) atoms. The lowest BCUT2D eigenvalue weighted by molar-refractivity contribution is 0.0652. The summed E-state index contributed by atoms with van der Waals surface area (Å²) in [7, 11) is 0. The Labute approximate surface area is 159 Å². The molecule has 0 unspecified atom stereocenters. The second-order valence-corrected chi connectivity index (χ2v) is 6.79. The summed E-state index contributed by atoms with van der Waals surface area (Å²) in [5.41, 5.74) is 2.71. The van der Waals surface area contributed by atoms with Gasteiger partial charge < -0.3 is 4.90 Å². The van der Waals surface area contributed by atoms with Gasteiger partial charge in [-0.2, -0.15) is 0 Å². The van der Waals surface area contributed by atoms with Crippen LogP contribution in [0, 0.1) is 0 Å². The molecule has 4 heteroatoms. The number of hydrogen-bond donors (Lipinski definition) is 0. The number of carbonyl (C=O) groups excluding carboxylic acids is 1. The van der Waals surface area contributed by atoms with Crippen molar-refractivity contribution >= 4 is 22.9 Å². The number of piperazine rings is 1. The van der Waals surface area contributed by atoms with Crippen LogP contribution < -0.4 is 0 Å². The molecule has 1 saturated heterocycles. The van der Waals surface area contributed by atoms with E-state index in [1.165, 1.54) is 5.56 Å². The topological polar surface area (TPSA) is 36.4 Å². The van der Waals surface area contributed by atoms with E-state index >= 15 is 0 Å². The van der Waals surface area contributed by atoms with Gasteiger partial charge in [0.05, 0.1) is 11.1 Å². The molecule has 4 rings (SSSR count). The quantitative estimate of drug-likeness (QED) is 0.714. The second kappa shape index (κ2) is 8.14. The first-order chi connectivity index (χ1) is 13.3. The van der Waals surface area contributed by atoms with Gasteiger partial charge in [0.25, 0.3) is 5.91 Å². The molecule has 1 aromatic heterocycles. The normalized spacial score (nSPS) is 15.5. The fraction of sp³-hybridized carbons (Fsp3) is 0.217. The Morgan fingerprint density at radius 2 is 1.70 bits per heavy atom. The van der Waals surface area contributed by atoms with Gasteiger partial charge in [0.15, 0.2) is 0 Å². The lowest BCUT2D eigenvalue weighted by Gasteiger charge is -2.34. The van der Waals surface area contributed by atoms with Crippen molar-refractivity contribution in [2.24, 2.45) is 0 Å². The first-order valence-electron chi connectivity index (χ1n) is 9.38. The molecule has 0 N–H and O–H groups in total. The van der Waals surface area contributed by atoms with Crippen LogP contribution in [0.1, 0.15) is 15.9 Å². The van der Waals surface area contributed by atoms with Crippen molar-refractivity contribution in [2.45, 2.75) is 0 Å². The zero-order valence-electron chi connectivity index (χ0n) is 15.3. The molecule has 4 nitrogen and oxygen atoms in total. The van der Waals surface area contributed by atoms with Gasteiger partial charge in [-0.3, -0.25) is 14.7 Å². The van der Waals surface area contributed by atoms with Crippen LogP contribution in [0.2, 0.25) is 0 Å². The van der Waals surface area contributed by atoms with E-state index in [9.17, 15) is 4.79 Å². The molecule has 0 radical (unpaired) electrons. The first-order valence-corrected chi connectivity index (χ1v) is 9.38. The van der Waals surface area contributed by atoms with Crippen LogP contribution in [0.3, 0.4) is 0 Å². The van der Waals surface area contributed by atoms with Gasteiger partial charge in [-0.05, 0) is 17.7 Å². The van der Waals surface area contributed by atoms with Gasteiger partial charge in [-0.1, -0.05) is 60.7 Å². The standard InChI is InChI=1S/C23H23N3O/c27-23(21-12-4-10-20-11-5-13-24-22(20)21)26-17-15-25(16-18-26)14-6-9-19-7-2-1-3-8-19/h1-13H,14-18H2/b9-6+. The summed E-state index contributed by atoms with van der Waals surface area (Å²) in [4.78, 5) is 21.7. The number of nitrogens with zero attached hydrogens (tertiary/aromatic N) is 3. The summed E-state index contributed by atoms with van der Waals surface area (Å²) in [6, 6.07) is 20.0. The number of pyridine rings is 1. The molecular formula is C23H23N3O. The Bertz CT molecular complexity index is 939. The maximum absolute atomic E-state index is 13.0. The summed E-state index contributed by atoms with van der Waals surface area (Å²) in [5.74, 6) is 0.0822. The van der Waals surface area contributed by atoms with E-state index in [4.69, 9.17) is 0 Å². The van der Waals surface area contributed by atoms with Gasteiger partial charge in [0, 0.05) is 44.3 Å². The van der Waals surface area contributed by atoms with E-state index in [0.29, 0.717) is 5.56 Å². The second-order valence-electron chi connectivity index (χ2n) is 6.79. The van der Waals surface area contributed by atoms with Crippen molar-refractivity contribution in [3.05, 3.63) is 84.1 Å². The van der Waals surface area contributed by atoms with Crippen LogP contribution in [-0.4, -0.2) is 53.4 Å². The molecule has 0 aliphatic carbocycles. The zero-order valence-corrected chi connectivity index (χ0v) is 15.3. The van der Waals surface area contributed by atoms with Crippen molar-refractivity contribution in [3.8, 4) is 0 Å². The minimum atomic E-state index is 0.0822. The number of aromatic nitrogens is 1. The van der Waals surface area contributed by atoms with Gasteiger partial charge in [0.1, 0.15) is 0 Å². The van der Waals surface area contributed by atoms with Crippen LogP contribution in [0.5, 0.6) is 0 Å². The number of amides is 1. The Hall–Kier alpha value is -2.98. The smallest absolute Gasteiger partial charge is 0.256 e. The first kappa shape index (κ1) is 17.4. The molecule has 136 valence electrons. The van der Waals surface area contributed by atoms with Crippen molar-refractivity contribution < 1.29 is 4.79 Å². The number of hydrogen-bond acceptors (Lipinski definition) is 3. The monoisotopic (exact) mass is 357 g/mol. The van der Waals surface area contributed by atoms with E-state index in [1.807, 2.05) is 53.4 Å². The van der Waals surface area contributed by atoms with Crippen molar-refractivity contribution in [2.75, 3.05) is 32.7 Å². The van der Waals surface area contributed by atoms with E-state index < -0.39 is 0 Å². The Morgan fingerprint density at radius 3 is 2.52 bits per heavy atom. The number of rotatable bonds is 4. The minimum absolute atomic E-state index is 0.0822. The molecule has 0 saturated carbocycles. The van der Waals surface area contributed by atoms with Crippen molar-refractivity contribution in [1.29, 1.82) is 0 Å². The number of carbonyl (C=O) groups is 1. The van der Waals surface area contributed by atoms with Crippen LogP contribution in [0.25, 0.3) is 17.0 Å². The van der Waals surface area contributed by atoms with Crippen LogP contribution in [0.4, 0.5) is 0 Å². The maximum Gasteiger partial charge on any atom is 0.256 e. The van der Waals surface area contributed by atoms with Gasteiger partial charge >= 0.3 is 0 Å². The highest BCUT2D eigenvalue weighted by Gasteiger charge is 2.23. The fourth-order valence-electron chi connectivity index (χ4n) is 3.48. The van der Waals surface area contributed by atoms with Crippen LogP contribution >= 0.6 is 0 Å². The van der Waals surface area contributed by atoms with Gasteiger partial charge in [-0.15, -0.1) is 0 Å². The van der Waals surface area contributed by atoms with Gasteiger partial charge in [0.2, 0.25) is 0 Å². The molecule has 0 spiro atoms. The fourth-order valence-corrected chi connectivity index (χ4v) is 3.48. The molecule has 1 fully saturated rings. The van der Waals surface area contributed by atoms with Crippen molar-refractivity contribution in [1.82, 2.24) is 14.8 Å². The third kappa shape index (κ3) is 4.07. The zero-order chi connectivity index (χ0) is 18.5. The van der Waals surface area contributed by atoms with Crippen LogP contribution in [-0.2, 0) is 0 Å². The van der Waals surface area contributed by atoms with E-state index in [-0.39, 0.29) is 5.91 Å². The Morgan fingerprint density at radius 1 is 0.926 bits per heavy atom. The predicted octanol–water partition coefficient (Wildman–Crippen LogP) is 3.71. The average molecular weight is 357 g/mol. The largest absolute Gasteiger partial charge is 0.336 e. The highest BCUT2D eigenvalue weighted by Crippen LogP contribution is 2.18. The van der Waals surface area contributed by atoms with Crippen LogP contribution in [0.15, 0.2) is 72.9 Å². The number of benzene rings is 2. The van der Waals surface area contributed by atoms with E-state index in [1.54, 1.807) is 6.20 Å². The summed E-state index contributed by atoms with van der Waals surface area (Å²) < 4.78 is 0. The molecule has 3 aromatic rings. The van der Waals surface area contributed by atoms with Gasteiger partial charge in [-0.25, -0.2) is 0 Å². The summed E-state index contributed by atoms with van der Waals surface area (Å²) in [6.45, 7) is 4.20. The molecule has 0 atom stereocenters. The molecule has 0 bridgehead atoms. The van der Waals surface area contributed by atoms with E-state index in [0.717, 1.165) is 43.6 Å². The van der Waals surface area contributed by atoms with E-state index in [2.05, 4.69) is 34.2 Å². The highest BCUT2D eigenvalue weighted by atomic mass is 16.2. The molecule has 2 heterocycles. The third-order valence-corrected chi connectivity index (χ3v) is 5.00. The SMILES string of the molecule is O=C(c1cccc2cccnc12)N1CCN(C/C=C/c2ccccc2)CC1. The molecule has 2 aromatic carbocycles. The Kier molecular flexibility index (Phi) is 5.26.